The van der Waals surface area contributed by atoms with Crippen LogP contribution < -0.4 is 5.32 Å². The smallest absolute Gasteiger partial charge is 0.250 e. The zero-order valence-corrected chi connectivity index (χ0v) is 11.2. The number of benzene rings is 2. The molecule has 0 aliphatic rings. The van der Waals surface area contributed by atoms with Crippen molar-refractivity contribution in [3.63, 3.8) is 0 Å². The zero-order chi connectivity index (χ0) is 14.5. The van der Waals surface area contributed by atoms with Crippen LogP contribution in [0.25, 0.3) is 0 Å². The molecule has 2 aromatic carbocycles. The van der Waals surface area contributed by atoms with Crippen molar-refractivity contribution >= 4 is 29.0 Å². The number of anilines is 1. The maximum absolute atomic E-state index is 12.4. The third-order valence-electron chi connectivity index (χ3n) is 2.68. The van der Waals surface area contributed by atoms with Crippen molar-refractivity contribution < 1.29 is 14.7 Å². The van der Waals surface area contributed by atoms with E-state index in [-0.39, 0.29) is 11.3 Å². The zero-order valence-electron chi connectivity index (χ0n) is 10.5. The Kier molecular flexibility index (Phi) is 4.50. The summed E-state index contributed by atoms with van der Waals surface area (Å²) in [5, 5.41) is 11.6. The normalized spacial score (nSPS) is 10.1. The third kappa shape index (κ3) is 3.23. The van der Waals surface area contributed by atoms with Crippen LogP contribution in [-0.4, -0.2) is 23.4 Å². The summed E-state index contributed by atoms with van der Waals surface area (Å²) < 4.78 is 0. The Hall–Kier alpha value is -2.17. The molecule has 0 heterocycles. The minimum Gasteiger partial charge on any atom is -0.387 e. The van der Waals surface area contributed by atoms with Crippen LogP contribution in [0.5, 0.6) is 0 Å². The number of hydrogen-bond donors (Lipinski definition) is 2. The van der Waals surface area contributed by atoms with Gasteiger partial charge >= 0.3 is 0 Å². The summed E-state index contributed by atoms with van der Waals surface area (Å²) in [5.41, 5.74) is 1.10. The second-order valence-corrected chi connectivity index (χ2v) is 4.53. The number of carbonyl (C=O) groups is 2. The van der Waals surface area contributed by atoms with Gasteiger partial charge in [0.1, 0.15) is 6.61 Å². The summed E-state index contributed by atoms with van der Waals surface area (Å²) in [4.78, 5) is 23.7. The van der Waals surface area contributed by atoms with Crippen molar-refractivity contribution in [2.24, 2.45) is 0 Å². The van der Waals surface area contributed by atoms with Gasteiger partial charge in [0.15, 0.2) is 5.78 Å². The highest BCUT2D eigenvalue weighted by molar-refractivity contribution is 6.31. The lowest BCUT2D eigenvalue weighted by Crippen LogP contribution is -2.18. The van der Waals surface area contributed by atoms with E-state index in [1.54, 1.807) is 30.3 Å². The summed E-state index contributed by atoms with van der Waals surface area (Å²) in [6, 6.07) is 13.3. The first-order valence-electron chi connectivity index (χ1n) is 5.92. The van der Waals surface area contributed by atoms with E-state index >= 15 is 0 Å². The molecule has 0 fully saturated rings. The molecule has 20 heavy (non-hydrogen) atoms. The second-order valence-electron chi connectivity index (χ2n) is 4.09. The molecule has 0 bridgehead atoms. The topological polar surface area (TPSA) is 66.4 Å². The molecule has 0 aliphatic heterocycles. The molecule has 0 saturated carbocycles. The molecule has 2 aromatic rings. The number of ketones is 1. The molecule has 102 valence electrons. The molecule has 0 spiro atoms. The van der Waals surface area contributed by atoms with Crippen molar-refractivity contribution in [1.82, 2.24) is 0 Å². The van der Waals surface area contributed by atoms with Crippen molar-refractivity contribution in [2.75, 3.05) is 11.9 Å². The first-order chi connectivity index (χ1) is 9.61. The van der Waals surface area contributed by atoms with Gasteiger partial charge in [-0.1, -0.05) is 41.9 Å². The van der Waals surface area contributed by atoms with Gasteiger partial charge in [-0.2, -0.15) is 0 Å². The highest BCUT2D eigenvalue weighted by Gasteiger charge is 2.15. The average molecular weight is 290 g/mol. The Labute approximate surface area is 121 Å². The minimum absolute atomic E-state index is 0.249. The first kappa shape index (κ1) is 14.2. The van der Waals surface area contributed by atoms with Crippen LogP contribution in [0.15, 0.2) is 48.5 Å². The van der Waals surface area contributed by atoms with Crippen molar-refractivity contribution in [3.8, 4) is 0 Å². The Bertz CT molecular complexity index is 641. The highest BCUT2D eigenvalue weighted by atomic mass is 35.5. The minimum atomic E-state index is -0.651. The van der Waals surface area contributed by atoms with Gasteiger partial charge in [-0.05, 0) is 18.2 Å². The summed E-state index contributed by atoms with van der Waals surface area (Å²) in [7, 11) is 0. The predicted molar refractivity (Wildman–Crippen MR) is 77.0 cm³/mol. The second kappa shape index (κ2) is 6.32. The standard InChI is InChI=1S/C15H12ClNO3/c16-11-6-7-13(17-14(19)9-18)12(8-11)15(20)10-4-2-1-3-5-10/h1-8,18H,9H2,(H,17,19). The van der Waals surface area contributed by atoms with Crippen molar-refractivity contribution in [3.05, 3.63) is 64.7 Å². The number of nitrogens with one attached hydrogen (secondary N) is 1. The summed E-state index contributed by atoms with van der Waals surface area (Å²) in [5.74, 6) is -0.837. The maximum Gasteiger partial charge on any atom is 0.250 e. The molecular weight excluding hydrogens is 278 g/mol. The molecule has 1 amide bonds. The predicted octanol–water partition coefficient (Wildman–Crippen LogP) is 2.50. The monoisotopic (exact) mass is 289 g/mol. The van der Waals surface area contributed by atoms with Gasteiger partial charge in [0.05, 0.1) is 5.69 Å². The Morgan fingerprint density at radius 1 is 1.10 bits per heavy atom. The van der Waals surface area contributed by atoms with Crippen LogP contribution in [0.1, 0.15) is 15.9 Å². The summed E-state index contributed by atoms with van der Waals surface area (Å²) >= 11 is 5.90. The molecular formula is C15H12ClNO3. The number of hydrogen-bond acceptors (Lipinski definition) is 3. The third-order valence-corrected chi connectivity index (χ3v) is 2.92. The lowest BCUT2D eigenvalue weighted by molar-refractivity contribution is -0.118. The molecule has 0 aliphatic carbocycles. The first-order valence-corrected chi connectivity index (χ1v) is 6.29. The number of aliphatic hydroxyl groups excluding tert-OH is 1. The fraction of sp³-hybridized carbons (Fsp3) is 0.0667. The number of carbonyl (C=O) groups excluding carboxylic acids is 2. The van der Waals surface area contributed by atoms with Crippen LogP contribution >= 0.6 is 11.6 Å². The van der Waals surface area contributed by atoms with Gasteiger partial charge < -0.3 is 10.4 Å². The van der Waals surface area contributed by atoms with E-state index in [0.717, 1.165) is 0 Å². The van der Waals surface area contributed by atoms with Gasteiger partial charge in [-0.15, -0.1) is 0 Å². The maximum atomic E-state index is 12.4. The van der Waals surface area contributed by atoms with E-state index < -0.39 is 12.5 Å². The SMILES string of the molecule is O=C(CO)Nc1ccc(Cl)cc1C(=O)c1ccccc1. The molecule has 0 unspecified atom stereocenters. The van der Waals surface area contributed by atoms with Gasteiger partial charge in [-0.25, -0.2) is 0 Å². The highest BCUT2D eigenvalue weighted by Crippen LogP contribution is 2.23. The van der Waals surface area contributed by atoms with E-state index in [1.165, 1.54) is 12.1 Å². The Balaban J connectivity index is 2.41. The molecule has 5 heteroatoms. The van der Waals surface area contributed by atoms with Crippen LogP contribution in [0.3, 0.4) is 0 Å². The quantitative estimate of drug-likeness (QED) is 0.850. The molecule has 0 radical (unpaired) electrons. The van der Waals surface area contributed by atoms with Crippen LogP contribution in [-0.2, 0) is 4.79 Å². The fourth-order valence-electron chi connectivity index (χ4n) is 1.75. The average Bonchev–Trinajstić information content (AvgIpc) is 2.49. The van der Waals surface area contributed by atoms with E-state index in [0.29, 0.717) is 16.3 Å². The van der Waals surface area contributed by atoms with Crippen molar-refractivity contribution in [2.45, 2.75) is 0 Å². The van der Waals surface area contributed by atoms with Gasteiger partial charge in [-0.3, -0.25) is 9.59 Å². The van der Waals surface area contributed by atoms with E-state index in [1.807, 2.05) is 6.07 Å². The van der Waals surface area contributed by atoms with E-state index in [4.69, 9.17) is 16.7 Å². The molecule has 4 nitrogen and oxygen atoms in total. The van der Waals surface area contributed by atoms with Crippen LogP contribution in [0.4, 0.5) is 5.69 Å². The number of amides is 1. The molecule has 0 saturated heterocycles. The van der Waals surface area contributed by atoms with Crippen molar-refractivity contribution in [1.29, 1.82) is 0 Å². The number of rotatable bonds is 4. The lowest BCUT2D eigenvalue weighted by atomic mass is 10.0. The molecule has 0 atom stereocenters. The van der Waals surface area contributed by atoms with Crippen LogP contribution in [0.2, 0.25) is 5.02 Å². The van der Waals surface area contributed by atoms with Gasteiger partial charge in [0.25, 0.3) is 0 Å². The summed E-state index contributed by atoms with van der Waals surface area (Å²) in [6.07, 6.45) is 0. The molecule has 2 N–H and O–H groups in total. The molecule has 2 rings (SSSR count). The van der Waals surface area contributed by atoms with Gasteiger partial charge in [0, 0.05) is 16.1 Å². The Morgan fingerprint density at radius 3 is 2.45 bits per heavy atom. The molecule has 0 aromatic heterocycles. The van der Waals surface area contributed by atoms with E-state index in [2.05, 4.69) is 5.32 Å². The fourth-order valence-corrected chi connectivity index (χ4v) is 1.92. The van der Waals surface area contributed by atoms with Gasteiger partial charge in [0.2, 0.25) is 5.91 Å². The van der Waals surface area contributed by atoms with Crippen LogP contribution in [0, 0.1) is 0 Å². The number of halogens is 1. The lowest BCUT2D eigenvalue weighted by Gasteiger charge is -2.10. The summed E-state index contributed by atoms with van der Waals surface area (Å²) in [6.45, 7) is -0.651. The largest absolute Gasteiger partial charge is 0.387 e. The Morgan fingerprint density at radius 2 is 1.80 bits per heavy atom. The van der Waals surface area contributed by atoms with E-state index in [9.17, 15) is 9.59 Å². The number of aliphatic hydroxyl groups is 1.